The zero-order chi connectivity index (χ0) is 18.4. The molecule has 1 fully saturated rings. The third kappa shape index (κ3) is 4.85. The lowest BCUT2D eigenvalue weighted by atomic mass is 9.86. The Hall–Kier alpha value is -2.28. The molecule has 1 aromatic carbocycles. The van der Waals surface area contributed by atoms with Gasteiger partial charge in [0, 0.05) is 17.9 Å². The number of para-hydroxylation sites is 1. The van der Waals surface area contributed by atoms with Gasteiger partial charge in [-0.15, -0.1) is 0 Å². The molecule has 0 bridgehead atoms. The van der Waals surface area contributed by atoms with Crippen molar-refractivity contribution in [2.24, 2.45) is 5.92 Å². The van der Waals surface area contributed by atoms with Crippen LogP contribution in [0.2, 0.25) is 0 Å². The normalized spacial score (nSPS) is 20.9. The fourth-order valence-corrected chi connectivity index (χ4v) is 3.43. The van der Waals surface area contributed by atoms with Gasteiger partial charge in [0.25, 0.3) is 5.91 Å². The van der Waals surface area contributed by atoms with Crippen LogP contribution in [0.4, 0.5) is 5.69 Å². The summed E-state index contributed by atoms with van der Waals surface area (Å²) in [5.41, 5.74) is 3.02. The fourth-order valence-electron chi connectivity index (χ4n) is 3.43. The maximum absolute atomic E-state index is 12.6. The minimum atomic E-state index is -0.352. The van der Waals surface area contributed by atoms with Gasteiger partial charge in [-0.3, -0.25) is 4.79 Å². The van der Waals surface area contributed by atoms with Crippen molar-refractivity contribution >= 4 is 11.6 Å². The van der Waals surface area contributed by atoms with Crippen LogP contribution in [0.3, 0.4) is 0 Å². The number of nitriles is 1. The van der Waals surface area contributed by atoms with Crippen LogP contribution >= 0.6 is 0 Å². The third-order valence-corrected chi connectivity index (χ3v) is 5.08. The van der Waals surface area contributed by atoms with Gasteiger partial charge in [-0.2, -0.15) is 5.26 Å². The number of nitrogens with zero attached hydrogens (tertiary/aromatic N) is 1. The maximum atomic E-state index is 12.6. The van der Waals surface area contributed by atoms with Gasteiger partial charge in [0.2, 0.25) is 0 Å². The molecule has 2 rings (SSSR count). The van der Waals surface area contributed by atoms with Crippen LogP contribution < -0.4 is 10.6 Å². The molecule has 1 saturated carbocycles. The average Bonchev–Trinajstić information content (AvgIpc) is 2.58. The van der Waals surface area contributed by atoms with Gasteiger partial charge < -0.3 is 10.6 Å². The highest BCUT2D eigenvalue weighted by molar-refractivity contribution is 6.07. The molecule has 134 valence electrons. The molecule has 2 atom stereocenters. The van der Waals surface area contributed by atoms with Gasteiger partial charge in [-0.1, -0.05) is 51.8 Å². The number of carbonyl (C=O) groups excluding carboxylic acids is 1. The topological polar surface area (TPSA) is 64.9 Å². The molecule has 0 aromatic heterocycles. The quantitative estimate of drug-likeness (QED) is 0.607. The van der Waals surface area contributed by atoms with Crippen LogP contribution in [0.5, 0.6) is 0 Å². The van der Waals surface area contributed by atoms with Gasteiger partial charge in [-0.05, 0) is 42.7 Å². The number of aryl methyl sites for hydroxylation is 1. The first-order valence-electron chi connectivity index (χ1n) is 9.21. The largest absolute Gasteiger partial charge is 0.387 e. The Morgan fingerprint density at radius 3 is 2.68 bits per heavy atom. The number of carbonyl (C=O) groups is 1. The Balaban J connectivity index is 2.13. The van der Waals surface area contributed by atoms with E-state index in [2.05, 4.69) is 31.4 Å². The van der Waals surface area contributed by atoms with Crippen molar-refractivity contribution in [2.75, 3.05) is 5.32 Å². The monoisotopic (exact) mass is 339 g/mol. The number of nitrogens with one attached hydrogen (secondary N) is 2. The van der Waals surface area contributed by atoms with E-state index in [0.29, 0.717) is 17.9 Å². The van der Waals surface area contributed by atoms with Crippen LogP contribution in [0.15, 0.2) is 30.0 Å². The number of hydrogen-bond acceptors (Lipinski definition) is 3. The van der Waals surface area contributed by atoms with Gasteiger partial charge >= 0.3 is 0 Å². The second-order valence-electron chi connectivity index (χ2n) is 7.35. The van der Waals surface area contributed by atoms with E-state index >= 15 is 0 Å². The Labute approximate surface area is 151 Å². The van der Waals surface area contributed by atoms with Crippen LogP contribution in [0.25, 0.3) is 0 Å². The molecule has 0 spiro atoms. The van der Waals surface area contributed by atoms with Crippen molar-refractivity contribution in [3.8, 4) is 6.07 Å². The van der Waals surface area contributed by atoms with Gasteiger partial charge in [0.1, 0.15) is 11.6 Å². The standard InChI is InChI=1S/C21H29N3O/c1-14(2)18-10-7-9-16(4)20(18)24-21(25)17(12-22)13-23-19-11-6-5-8-15(19)3/h7,9-10,13-15,19,23H,5-6,8,11H2,1-4H3,(H,24,25)/b17-13-. The molecule has 1 aromatic rings. The Morgan fingerprint density at radius 1 is 1.32 bits per heavy atom. The van der Waals surface area contributed by atoms with E-state index in [-0.39, 0.29) is 11.5 Å². The minimum Gasteiger partial charge on any atom is -0.387 e. The predicted molar refractivity (Wildman–Crippen MR) is 102 cm³/mol. The molecule has 1 aliphatic carbocycles. The third-order valence-electron chi connectivity index (χ3n) is 5.08. The molecule has 4 heteroatoms. The van der Waals surface area contributed by atoms with Gasteiger partial charge in [0.15, 0.2) is 0 Å². The van der Waals surface area contributed by atoms with Crippen molar-refractivity contribution in [3.05, 3.63) is 41.1 Å². The number of rotatable bonds is 5. The summed E-state index contributed by atoms with van der Waals surface area (Å²) < 4.78 is 0. The van der Waals surface area contributed by atoms with E-state index in [0.717, 1.165) is 23.2 Å². The molecule has 0 heterocycles. The highest BCUT2D eigenvalue weighted by Gasteiger charge is 2.21. The predicted octanol–water partition coefficient (Wildman–Crippen LogP) is 4.63. The number of amides is 1. The summed E-state index contributed by atoms with van der Waals surface area (Å²) in [5.74, 6) is 0.512. The van der Waals surface area contributed by atoms with E-state index < -0.39 is 0 Å². The Kier molecular flexibility index (Phi) is 6.64. The van der Waals surface area contributed by atoms with Crippen molar-refractivity contribution in [1.82, 2.24) is 5.32 Å². The second-order valence-corrected chi connectivity index (χ2v) is 7.35. The molecule has 0 aliphatic heterocycles. The zero-order valence-electron chi connectivity index (χ0n) is 15.7. The first-order chi connectivity index (χ1) is 11.9. The van der Waals surface area contributed by atoms with E-state index in [1.807, 2.05) is 31.2 Å². The van der Waals surface area contributed by atoms with Crippen molar-refractivity contribution in [1.29, 1.82) is 5.26 Å². The molecule has 25 heavy (non-hydrogen) atoms. The summed E-state index contributed by atoms with van der Waals surface area (Å²) in [5, 5.41) is 15.6. The summed E-state index contributed by atoms with van der Waals surface area (Å²) >= 11 is 0. The number of anilines is 1. The van der Waals surface area contributed by atoms with E-state index in [9.17, 15) is 10.1 Å². The van der Waals surface area contributed by atoms with E-state index in [1.165, 1.54) is 19.3 Å². The van der Waals surface area contributed by atoms with Gasteiger partial charge in [-0.25, -0.2) is 0 Å². The Morgan fingerprint density at radius 2 is 2.04 bits per heavy atom. The van der Waals surface area contributed by atoms with E-state index in [4.69, 9.17) is 0 Å². The molecule has 1 aliphatic rings. The molecular weight excluding hydrogens is 310 g/mol. The summed E-state index contributed by atoms with van der Waals surface area (Å²) in [6.45, 7) is 8.38. The highest BCUT2D eigenvalue weighted by atomic mass is 16.1. The smallest absolute Gasteiger partial charge is 0.267 e. The first-order valence-corrected chi connectivity index (χ1v) is 9.21. The van der Waals surface area contributed by atoms with Crippen LogP contribution in [-0.4, -0.2) is 11.9 Å². The molecule has 2 unspecified atom stereocenters. The highest BCUT2D eigenvalue weighted by Crippen LogP contribution is 2.28. The molecule has 4 nitrogen and oxygen atoms in total. The van der Waals surface area contributed by atoms with E-state index in [1.54, 1.807) is 6.20 Å². The van der Waals surface area contributed by atoms with Crippen molar-refractivity contribution in [2.45, 2.75) is 65.3 Å². The lowest BCUT2D eigenvalue weighted by Crippen LogP contribution is -2.34. The van der Waals surface area contributed by atoms with Crippen molar-refractivity contribution in [3.63, 3.8) is 0 Å². The van der Waals surface area contributed by atoms with Crippen molar-refractivity contribution < 1.29 is 4.79 Å². The fraction of sp³-hybridized carbons (Fsp3) is 0.524. The molecule has 0 radical (unpaired) electrons. The molecular formula is C21H29N3O. The summed E-state index contributed by atoms with van der Waals surface area (Å²) in [4.78, 5) is 12.6. The summed E-state index contributed by atoms with van der Waals surface area (Å²) in [7, 11) is 0. The summed E-state index contributed by atoms with van der Waals surface area (Å²) in [6, 6.07) is 8.36. The molecule has 0 saturated heterocycles. The van der Waals surface area contributed by atoms with Crippen LogP contribution in [0, 0.1) is 24.2 Å². The average molecular weight is 339 g/mol. The maximum Gasteiger partial charge on any atom is 0.267 e. The SMILES string of the molecule is Cc1cccc(C(C)C)c1NC(=O)/C(C#N)=C\NC1CCCCC1C. The molecule has 2 N–H and O–H groups in total. The first kappa shape index (κ1) is 19.1. The van der Waals surface area contributed by atoms with Gasteiger partial charge in [0.05, 0.1) is 0 Å². The second kappa shape index (κ2) is 8.71. The number of benzene rings is 1. The van der Waals surface area contributed by atoms with Crippen LogP contribution in [-0.2, 0) is 4.79 Å². The Bertz CT molecular complexity index is 685. The van der Waals surface area contributed by atoms with Crippen LogP contribution in [0.1, 0.15) is 63.5 Å². The molecule has 1 amide bonds. The summed E-state index contributed by atoms with van der Waals surface area (Å²) in [6.07, 6.45) is 6.34. The number of hydrogen-bond donors (Lipinski definition) is 2. The lowest BCUT2D eigenvalue weighted by molar-refractivity contribution is -0.112. The zero-order valence-corrected chi connectivity index (χ0v) is 15.7. The lowest BCUT2D eigenvalue weighted by Gasteiger charge is -2.29. The minimum absolute atomic E-state index is 0.121.